The fourth-order valence-electron chi connectivity index (χ4n) is 3.49. The van der Waals surface area contributed by atoms with Crippen molar-refractivity contribution in [2.24, 2.45) is 10.9 Å². The van der Waals surface area contributed by atoms with E-state index < -0.39 is 23.1 Å². The van der Waals surface area contributed by atoms with Crippen molar-refractivity contribution in [3.63, 3.8) is 0 Å². The van der Waals surface area contributed by atoms with Crippen LogP contribution in [-0.4, -0.2) is 62.0 Å². The van der Waals surface area contributed by atoms with Crippen molar-refractivity contribution in [1.29, 1.82) is 0 Å². The van der Waals surface area contributed by atoms with E-state index in [0.717, 1.165) is 17.8 Å². The maximum atomic E-state index is 14.3. The maximum Gasteiger partial charge on any atom is 0.409 e. The van der Waals surface area contributed by atoms with Gasteiger partial charge < -0.3 is 25.1 Å². The number of anilines is 1. The van der Waals surface area contributed by atoms with Crippen LogP contribution in [0.4, 0.5) is 19.3 Å². The Morgan fingerprint density at radius 3 is 2.34 bits per heavy atom. The molecule has 10 heteroatoms. The van der Waals surface area contributed by atoms with E-state index in [4.69, 9.17) is 15.3 Å². The van der Waals surface area contributed by atoms with Gasteiger partial charge in [0.15, 0.2) is 0 Å². The zero-order valence-corrected chi connectivity index (χ0v) is 16.2. The molecular formula is C19H24F2N4O4. The molecule has 0 atom stereocenters. The molecule has 1 aromatic carbocycles. The fourth-order valence-corrected chi connectivity index (χ4v) is 3.49. The third-order valence-corrected chi connectivity index (χ3v) is 5.19. The van der Waals surface area contributed by atoms with E-state index in [0.29, 0.717) is 51.9 Å². The molecule has 2 heterocycles. The van der Waals surface area contributed by atoms with E-state index in [9.17, 15) is 18.4 Å². The summed E-state index contributed by atoms with van der Waals surface area (Å²) in [4.78, 5) is 31.5. The van der Waals surface area contributed by atoms with E-state index in [2.05, 4.69) is 5.16 Å². The number of piperidine rings is 2. The molecule has 3 rings (SSSR count). The molecule has 0 unspecified atom stereocenters. The second-order valence-corrected chi connectivity index (χ2v) is 7.05. The number of hydrogen-bond acceptors (Lipinski definition) is 6. The van der Waals surface area contributed by atoms with Gasteiger partial charge in [0, 0.05) is 57.9 Å². The number of rotatable bonds is 4. The highest BCUT2D eigenvalue weighted by molar-refractivity contribution is 5.93. The average molecular weight is 410 g/mol. The number of carbonyl (C=O) groups excluding carboxylic acids is 2. The molecule has 2 fully saturated rings. The largest absolute Gasteiger partial charge is 0.453 e. The number of likely N-dealkylation sites (tertiary alicyclic amines) is 1. The van der Waals surface area contributed by atoms with Gasteiger partial charge in [0.2, 0.25) is 0 Å². The standard InChI is InChI=1S/C19H24F2N4O4/c1-28-19(27)25-8-4-13(5-9-25)29-23-12-2-6-24(7-3-12)17-11-15(20)14(18(22)26)10-16(17)21/h10-11,13H,2-9H2,1H3,(H2,22,26). The lowest BCUT2D eigenvalue weighted by molar-refractivity contribution is 0.0105. The van der Waals surface area contributed by atoms with Crippen LogP contribution in [0.1, 0.15) is 36.0 Å². The summed E-state index contributed by atoms with van der Waals surface area (Å²) in [7, 11) is 1.36. The van der Waals surface area contributed by atoms with Gasteiger partial charge in [-0.15, -0.1) is 0 Å². The minimum Gasteiger partial charge on any atom is -0.453 e. The van der Waals surface area contributed by atoms with Gasteiger partial charge in [-0.3, -0.25) is 4.79 Å². The van der Waals surface area contributed by atoms with Gasteiger partial charge >= 0.3 is 6.09 Å². The number of nitrogens with zero attached hydrogens (tertiary/aromatic N) is 3. The van der Waals surface area contributed by atoms with Gasteiger partial charge in [-0.2, -0.15) is 0 Å². The summed E-state index contributed by atoms with van der Waals surface area (Å²) in [6, 6.07) is 1.84. The van der Waals surface area contributed by atoms with Gasteiger partial charge in [-0.05, 0) is 6.07 Å². The molecule has 0 bridgehead atoms. The van der Waals surface area contributed by atoms with Crippen LogP contribution in [0, 0.1) is 11.6 Å². The Kier molecular flexibility index (Phi) is 6.50. The van der Waals surface area contributed by atoms with Crippen LogP contribution in [0.15, 0.2) is 17.3 Å². The number of carbonyl (C=O) groups is 2. The van der Waals surface area contributed by atoms with Crippen molar-refractivity contribution < 1.29 is 27.9 Å². The number of oxime groups is 1. The lowest BCUT2D eigenvalue weighted by atomic mass is 10.1. The smallest absolute Gasteiger partial charge is 0.409 e. The van der Waals surface area contributed by atoms with Crippen molar-refractivity contribution in [1.82, 2.24) is 4.90 Å². The molecule has 0 aromatic heterocycles. The highest BCUT2D eigenvalue weighted by Crippen LogP contribution is 2.26. The van der Waals surface area contributed by atoms with Gasteiger partial charge in [-0.25, -0.2) is 13.6 Å². The Balaban J connectivity index is 1.51. The zero-order valence-electron chi connectivity index (χ0n) is 16.2. The Morgan fingerprint density at radius 1 is 1.10 bits per heavy atom. The first-order chi connectivity index (χ1) is 13.9. The normalized spacial score (nSPS) is 17.8. The van der Waals surface area contributed by atoms with E-state index in [1.165, 1.54) is 7.11 Å². The van der Waals surface area contributed by atoms with Crippen molar-refractivity contribution >= 4 is 23.4 Å². The van der Waals surface area contributed by atoms with E-state index in [1.54, 1.807) is 9.80 Å². The van der Waals surface area contributed by atoms with Crippen LogP contribution >= 0.6 is 0 Å². The summed E-state index contributed by atoms with van der Waals surface area (Å²) >= 11 is 0. The molecule has 2 aliphatic rings. The van der Waals surface area contributed by atoms with E-state index >= 15 is 0 Å². The Bertz CT molecular complexity index is 800. The van der Waals surface area contributed by atoms with Crippen molar-refractivity contribution in [3.8, 4) is 0 Å². The van der Waals surface area contributed by atoms with Crippen LogP contribution in [0.5, 0.6) is 0 Å². The molecule has 8 nitrogen and oxygen atoms in total. The van der Waals surface area contributed by atoms with Crippen molar-refractivity contribution in [3.05, 3.63) is 29.3 Å². The van der Waals surface area contributed by atoms with E-state index in [1.807, 2.05) is 0 Å². The fraction of sp³-hybridized carbons (Fsp3) is 0.526. The topological polar surface area (TPSA) is 97.5 Å². The SMILES string of the molecule is COC(=O)N1CCC(ON=C2CCN(c3cc(F)c(C(N)=O)cc3F)CC2)CC1. The molecule has 0 spiro atoms. The quantitative estimate of drug-likeness (QED) is 0.768. The van der Waals surface area contributed by atoms with Gasteiger partial charge in [0.25, 0.3) is 5.91 Å². The second kappa shape index (κ2) is 9.06. The highest BCUT2D eigenvalue weighted by Gasteiger charge is 2.25. The number of ether oxygens (including phenoxy) is 1. The Morgan fingerprint density at radius 2 is 1.76 bits per heavy atom. The molecule has 2 saturated heterocycles. The molecule has 0 radical (unpaired) electrons. The Hall–Kier alpha value is -2.91. The molecular weight excluding hydrogens is 386 g/mol. The zero-order chi connectivity index (χ0) is 21.0. The minimum atomic E-state index is -1.00. The van der Waals surface area contributed by atoms with Crippen molar-refractivity contribution in [2.45, 2.75) is 31.8 Å². The summed E-state index contributed by atoms with van der Waals surface area (Å²) in [5, 5.41) is 4.23. The molecule has 1 aromatic rings. The molecule has 0 saturated carbocycles. The van der Waals surface area contributed by atoms with Crippen LogP contribution in [0.25, 0.3) is 0 Å². The number of hydrogen-bond donors (Lipinski definition) is 1. The monoisotopic (exact) mass is 410 g/mol. The number of methoxy groups -OCH3 is 1. The summed E-state index contributed by atoms with van der Waals surface area (Å²) in [6.07, 6.45) is 2.06. The number of benzene rings is 1. The number of primary amides is 1. The molecule has 2 aliphatic heterocycles. The summed E-state index contributed by atoms with van der Waals surface area (Å²) < 4.78 is 32.9. The van der Waals surface area contributed by atoms with Gasteiger partial charge in [0.05, 0.1) is 24.1 Å². The average Bonchev–Trinajstić information content (AvgIpc) is 2.73. The van der Waals surface area contributed by atoms with E-state index in [-0.39, 0.29) is 17.9 Å². The maximum absolute atomic E-state index is 14.3. The summed E-state index contributed by atoms with van der Waals surface area (Å²) in [5.41, 5.74) is 5.53. The third kappa shape index (κ3) is 4.93. The second-order valence-electron chi connectivity index (χ2n) is 7.05. The lowest BCUT2D eigenvalue weighted by Gasteiger charge is -2.31. The predicted molar refractivity (Wildman–Crippen MR) is 102 cm³/mol. The predicted octanol–water partition coefficient (Wildman–Crippen LogP) is 2.27. The van der Waals surface area contributed by atoms with Gasteiger partial charge in [-0.1, -0.05) is 5.16 Å². The first-order valence-corrected chi connectivity index (χ1v) is 9.47. The first kappa shape index (κ1) is 20.8. The number of nitrogens with two attached hydrogens (primary N) is 1. The summed E-state index contributed by atoms with van der Waals surface area (Å²) in [5.74, 6) is -2.53. The molecule has 0 aliphatic carbocycles. The lowest BCUT2D eigenvalue weighted by Crippen LogP contribution is -2.40. The molecule has 2 amide bonds. The highest BCUT2D eigenvalue weighted by atomic mass is 19.1. The molecule has 158 valence electrons. The number of halogens is 2. The summed E-state index contributed by atoms with van der Waals surface area (Å²) in [6.45, 7) is 2.02. The number of amides is 2. The molecule has 2 N–H and O–H groups in total. The van der Waals surface area contributed by atoms with Crippen LogP contribution in [-0.2, 0) is 9.57 Å². The van der Waals surface area contributed by atoms with Crippen LogP contribution in [0.3, 0.4) is 0 Å². The van der Waals surface area contributed by atoms with Crippen molar-refractivity contribution in [2.75, 3.05) is 38.2 Å². The molecule has 29 heavy (non-hydrogen) atoms. The third-order valence-electron chi connectivity index (χ3n) is 5.19. The Labute approximate surface area is 167 Å². The van der Waals surface area contributed by atoms with Crippen LogP contribution in [0.2, 0.25) is 0 Å². The van der Waals surface area contributed by atoms with Crippen LogP contribution < -0.4 is 10.6 Å². The van der Waals surface area contributed by atoms with Gasteiger partial charge in [0.1, 0.15) is 17.7 Å². The first-order valence-electron chi connectivity index (χ1n) is 9.47. The minimum absolute atomic E-state index is 0.0608.